The average Bonchev–Trinajstić information content (AvgIpc) is 3.29. The van der Waals surface area contributed by atoms with Gasteiger partial charge in [-0.3, -0.25) is 10.1 Å². The molecule has 0 aliphatic heterocycles. The van der Waals surface area contributed by atoms with Crippen molar-refractivity contribution in [2.45, 2.75) is 78.1 Å². The Bertz CT molecular complexity index is 1220. The summed E-state index contributed by atoms with van der Waals surface area (Å²) in [7, 11) is 0. The quantitative estimate of drug-likeness (QED) is 0.429. The Balaban J connectivity index is 1.67. The van der Waals surface area contributed by atoms with Crippen LogP contribution in [-0.4, -0.2) is 26.5 Å². The first-order valence-electron chi connectivity index (χ1n) is 12.0. The van der Waals surface area contributed by atoms with E-state index in [0.717, 1.165) is 5.56 Å². The van der Waals surface area contributed by atoms with Crippen LogP contribution in [0.4, 0.5) is 5.95 Å². The van der Waals surface area contributed by atoms with Gasteiger partial charge in [0, 0.05) is 5.56 Å². The van der Waals surface area contributed by atoms with Gasteiger partial charge in [-0.15, -0.1) is 5.10 Å². The van der Waals surface area contributed by atoms with Gasteiger partial charge in [0.15, 0.2) is 0 Å². The minimum atomic E-state index is -0.268. The molecule has 0 bridgehead atoms. The molecule has 0 radical (unpaired) electrons. The lowest BCUT2D eigenvalue weighted by molar-refractivity contribution is 0.102. The Morgan fingerprint density at radius 3 is 2.21 bits per heavy atom. The molecule has 6 nitrogen and oxygen atoms in total. The second-order valence-corrected chi connectivity index (χ2v) is 11.0. The second-order valence-electron chi connectivity index (χ2n) is 11.0. The molecule has 1 amide bonds. The first-order valence-corrected chi connectivity index (χ1v) is 12.0. The number of carbonyl (C=O) groups excluding carboxylic acids is 1. The average molecular weight is 458 g/mol. The minimum absolute atomic E-state index is 0.157. The normalized spacial score (nSPS) is 16.9. The summed E-state index contributed by atoms with van der Waals surface area (Å²) in [5.41, 5.74) is 8.89. The second kappa shape index (κ2) is 8.82. The summed E-state index contributed by atoms with van der Waals surface area (Å²) in [5, 5.41) is 15.9. The number of hydrogen-bond donors (Lipinski definition) is 2. The molecule has 3 aromatic rings. The van der Waals surface area contributed by atoms with E-state index in [2.05, 4.69) is 92.6 Å². The third-order valence-corrected chi connectivity index (χ3v) is 7.20. The van der Waals surface area contributed by atoms with Gasteiger partial charge in [-0.1, -0.05) is 77.0 Å². The molecular weight excluding hydrogens is 422 g/mol. The molecule has 2 aromatic carbocycles. The molecule has 34 heavy (non-hydrogen) atoms. The van der Waals surface area contributed by atoms with Crippen molar-refractivity contribution in [3.63, 3.8) is 0 Å². The molecule has 0 saturated heterocycles. The van der Waals surface area contributed by atoms with Gasteiger partial charge in [0.05, 0.1) is 0 Å². The van der Waals surface area contributed by atoms with Gasteiger partial charge in [-0.05, 0) is 87.2 Å². The molecule has 0 unspecified atom stereocenters. The van der Waals surface area contributed by atoms with Crippen LogP contribution in [0.5, 0.6) is 0 Å². The van der Waals surface area contributed by atoms with Gasteiger partial charge < -0.3 is 0 Å². The van der Waals surface area contributed by atoms with E-state index in [1.807, 2.05) is 24.3 Å². The molecule has 6 heteroatoms. The summed E-state index contributed by atoms with van der Waals surface area (Å²) in [6.07, 6.45) is 4.62. The van der Waals surface area contributed by atoms with E-state index in [-0.39, 0.29) is 22.7 Å². The molecule has 0 atom stereocenters. The van der Waals surface area contributed by atoms with Crippen LogP contribution in [0.1, 0.15) is 105 Å². The molecular formula is C28H35N5O. The monoisotopic (exact) mass is 457 g/mol. The van der Waals surface area contributed by atoms with Crippen molar-refractivity contribution in [3.8, 4) is 0 Å². The van der Waals surface area contributed by atoms with Crippen molar-refractivity contribution in [1.29, 1.82) is 0 Å². The van der Waals surface area contributed by atoms with Gasteiger partial charge in [0.2, 0.25) is 0 Å². The Hall–Kier alpha value is -3.28. The van der Waals surface area contributed by atoms with Crippen LogP contribution >= 0.6 is 0 Å². The van der Waals surface area contributed by atoms with Gasteiger partial charge >= 0.3 is 0 Å². The smallest absolute Gasteiger partial charge is 0.270 e. The van der Waals surface area contributed by atoms with Gasteiger partial charge in [-0.25, -0.2) is 0 Å². The number of allylic oxidation sites excluding steroid dienone is 1. The Morgan fingerprint density at radius 1 is 1.03 bits per heavy atom. The summed E-state index contributed by atoms with van der Waals surface area (Å²) in [4.78, 5) is 12.4. The number of aromatic amines is 1. The number of nitrogens with one attached hydrogen (secondary N) is 2. The van der Waals surface area contributed by atoms with Gasteiger partial charge in [0.1, 0.15) is 0 Å². The van der Waals surface area contributed by atoms with Gasteiger partial charge in [0.25, 0.3) is 11.9 Å². The summed E-state index contributed by atoms with van der Waals surface area (Å²) < 4.78 is 0. The number of hydrogen-bond acceptors (Lipinski definition) is 4. The van der Waals surface area contributed by atoms with Crippen molar-refractivity contribution >= 4 is 23.5 Å². The zero-order valence-electron chi connectivity index (χ0n) is 21.3. The third-order valence-electron chi connectivity index (χ3n) is 7.20. The number of aromatic nitrogens is 4. The zero-order chi connectivity index (χ0) is 24.7. The van der Waals surface area contributed by atoms with E-state index >= 15 is 0 Å². The fourth-order valence-corrected chi connectivity index (χ4v) is 4.90. The van der Waals surface area contributed by atoms with E-state index in [1.54, 1.807) is 0 Å². The molecule has 0 spiro atoms. The van der Waals surface area contributed by atoms with Crippen LogP contribution in [0, 0.1) is 0 Å². The van der Waals surface area contributed by atoms with Crippen LogP contribution in [-0.2, 0) is 10.8 Å². The number of tetrazole rings is 1. The number of fused-ring (bicyclic) bond motifs is 1. The maximum Gasteiger partial charge on any atom is 0.270 e. The first kappa shape index (κ1) is 23.9. The Labute approximate surface area is 202 Å². The highest BCUT2D eigenvalue weighted by molar-refractivity contribution is 6.03. The maximum atomic E-state index is 12.4. The van der Waals surface area contributed by atoms with E-state index in [0.29, 0.717) is 11.5 Å². The highest BCUT2D eigenvalue weighted by Gasteiger charge is 2.37. The SMILES string of the molecule is CC(=Cc1ccc(C(=O)Nc2nn[nH]n2)cc1)c1cc2c(cc1C(C)C)C(C)(C)CCC2(C)C. The van der Waals surface area contributed by atoms with Crippen LogP contribution in [0.2, 0.25) is 0 Å². The highest BCUT2D eigenvalue weighted by Crippen LogP contribution is 2.48. The lowest BCUT2D eigenvalue weighted by Crippen LogP contribution is -2.34. The summed E-state index contributed by atoms with van der Waals surface area (Å²) in [5.74, 6) is 0.320. The van der Waals surface area contributed by atoms with E-state index in [4.69, 9.17) is 0 Å². The molecule has 1 aliphatic rings. The largest absolute Gasteiger partial charge is 0.288 e. The number of carbonyl (C=O) groups is 1. The van der Waals surface area contributed by atoms with Gasteiger partial charge in [-0.2, -0.15) is 5.21 Å². The molecule has 4 rings (SSSR count). The topological polar surface area (TPSA) is 83.6 Å². The van der Waals surface area contributed by atoms with Crippen LogP contribution in [0.3, 0.4) is 0 Å². The summed E-state index contributed by atoms with van der Waals surface area (Å²) >= 11 is 0. The number of H-pyrrole nitrogens is 1. The lowest BCUT2D eigenvalue weighted by atomic mass is 9.62. The number of amides is 1. The number of nitrogens with zero attached hydrogens (tertiary/aromatic N) is 3. The first-order chi connectivity index (χ1) is 16.0. The predicted octanol–water partition coefficient (Wildman–Crippen LogP) is 6.48. The van der Waals surface area contributed by atoms with E-state index < -0.39 is 0 Å². The summed E-state index contributed by atoms with van der Waals surface area (Å²) in [6, 6.07) is 12.5. The summed E-state index contributed by atoms with van der Waals surface area (Å²) in [6.45, 7) is 16.2. The van der Waals surface area contributed by atoms with Crippen molar-refractivity contribution in [2.24, 2.45) is 0 Å². The molecule has 2 N–H and O–H groups in total. The minimum Gasteiger partial charge on any atom is -0.288 e. The predicted molar refractivity (Wildman–Crippen MR) is 138 cm³/mol. The Morgan fingerprint density at radius 2 is 1.65 bits per heavy atom. The van der Waals surface area contributed by atoms with E-state index in [9.17, 15) is 4.79 Å². The van der Waals surface area contributed by atoms with Crippen LogP contribution < -0.4 is 5.32 Å². The number of rotatable bonds is 5. The standard InChI is InChI=1S/C28H35N5O/c1-17(2)21-15-23-24(28(6,7)13-12-27(23,4)5)16-22(21)18(3)14-19-8-10-20(11-9-19)25(34)29-26-30-32-33-31-26/h8-11,14-17H,12-13H2,1-7H3,(H2,29,30,31,32,33,34). The molecule has 1 heterocycles. The molecule has 1 aliphatic carbocycles. The number of benzene rings is 2. The molecule has 0 saturated carbocycles. The maximum absolute atomic E-state index is 12.4. The van der Waals surface area contributed by atoms with Crippen LogP contribution in [0.15, 0.2) is 36.4 Å². The number of anilines is 1. The molecule has 178 valence electrons. The highest BCUT2D eigenvalue weighted by atomic mass is 16.1. The fraction of sp³-hybridized carbons (Fsp3) is 0.429. The van der Waals surface area contributed by atoms with Crippen molar-refractivity contribution < 1.29 is 4.79 Å². The van der Waals surface area contributed by atoms with Crippen molar-refractivity contribution in [1.82, 2.24) is 20.6 Å². The van der Waals surface area contributed by atoms with E-state index in [1.165, 1.54) is 40.7 Å². The lowest BCUT2D eigenvalue weighted by Gasteiger charge is -2.43. The van der Waals surface area contributed by atoms with Crippen molar-refractivity contribution in [3.05, 3.63) is 69.8 Å². The fourth-order valence-electron chi connectivity index (χ4n) is 4.90. The van der Waals surface area contributed by atoms with Crippen molar-refractivity contribution in [2.75, 3.05) is 5.32 Å². The zero-order valence-corrected chi connectivity index (χ0v) is 21.3. The van der Waals surface area contributed by atoms with Crippen LogP contribution in [0.25, 0.3) is 11.6 Å². The molecule has 1 aromatic heterocycles. The molecule has 0 fully saturated rings. The third kappa shape index (κ3) is 4.67. The Kier molecular flexibility index (Phi) is 6.19.